The zero-order chi connectivity index (χ0) is 17.5. The predicted molar refractivity (Wildman–Crippen MR) is 94.3 cm³/mol. The van der Waals surface area contributed by atoms with Crippen LogP contribution in [0, 0.1) is 0 Å². The number of ether oxygens (including phenoxy) is 2. The van der Waals surface area contributed by atoms with Gasteiger partial charge in [0.1, 0.15) is 0 Å². The minimum atomic E-state index is -0.464. The van der Waals surface area contributed by atoms with Crippen LogP contribution < -0.4 is 10.6 Å². The second-order valence-corrected chi connectivity index (χ2v) is 6.87. The summed E-state index contributed by atoms with van der Waals surface area (Å²) in [5, 5.41) is 16.0. The number of nitrogens with one attached hydrogen (secondary N) is 2. The molecular formula is C19H28N2O4. The predicted octanol–water partition coefficient (Wildman–Crippen LogP) is 0.632. The van der Waals surface area contributed by atoms with Gasteiger partial charge in [-0.1, -0.05) is 30.3 Å². The van der Waals surface area contributed by atoms with E-state index < -0.39 is 6.10 Å². The third-order valence-corrected chi connectivity index (χ3v) is 4.82. The van der Waals surface area contributed by atoms with Gasteiger partial charge in [0.25, 0.3) is 0 Å². The first-order chi connectivity index (χ1) is 12.2. The molecule has 0 unspecified atom stereocenters. The van der Waals surface area contributed by atoms with Crippen molar-refractivity contribution in [3.05, 3.63) is 35.9 Å². The molecule has 2 saturated heterocycles. The molecule has 2 aliphatic heterocycles. The fraction of sp³-hybridized carbons (Fsp3) is 0.632. The van der Waals surface area contributed by atoms with Crippen molar-refractivity contribution in [2.45, 2.75) is 50.0 Å². The van der Waals surface area contributed by atoms with Gasteiger partial charge in [-0.25, -0.2) is 0 Å². The minimum absolute atomic E-state index is 0.0366. The van der Waals surface area contributed by atoms with E-state index in [-0.39, 0.29) is 24.2 Å². The van der Waals surface area contributed by atoms with Gasteiger partial charge < -0.3 is 25.2 Å². The Morgan fingerprint density at radius 1 is 1.24 bits per heavy atom. The third kappa shape index (κ3) is 5.78. The van der Waals surface area contributed by atoms with E-state index in [0.29, 0.717) is 32.7 Å². The molecule has 6 heteroatoms. The van der Waals surface area contributed by atoms with Gasteiger partial charge >= 0.3 is 0 Å². The maximum absolute atomic E-state index is 12.2. The van der Waals surface area contributed by atoms with E-state index in [4.69, 9.17) is 9.47 Å². The van der Waals surface area contributed by atoms with Crippen LogP contribution in [0.2, 0.25) is 0 Å². The Morgan fingerprint density at radius 3 is 2.92 bits per heavy atom. The number of amides is 1. The van der Waals surface area contributed by atoms with E-state index in [9.17, 15) is 9.90 Å². The maximum Gasteiger partial charge on any atom is 0.222 e. The highest BCUT2D eigenvalue weighted by atomic mass is 16.5. The lowest BCUT2D eigenvalue weighted by Gasteiger charge is -2.38. The summed E-state index contributed by atoms with van der Waals surface area (Å²) in [7, 11) is 0. The molecule has 1 aromatic carbocycles. The van der Waals surface area contributed by atoms with Crippen LogP contribution in [0.15, 0.2) is 30.3 Å². The molecule has 0 spiro atoms. The van der Waals surface area contributed by atoms with E-state index in [1.54, 1.807) is 0 Å². The summed E-state index contributed by atoms with van der Waals surface area (Å²) >= 11 is 0. The Balaban J connectivity index is 1.39. The number of aliphatic hydroxyl groups is 1. The van der Waals surface area contributed by atoms with Crippen LogP contribution in [0.1, 0.15) is 24.8 Å². The summed E-state index contributed by atoms with van der Waals surface area (Å²) in [6.07, 6.45) is 2.42. The molecule has 2 fully saturated rings. The Labute approximate surface area is 148 Å². The largest absolute Gasteiger partial charge is 0.389 e. The molecule has 0 aromatic heterocycles. The normalized spacial score (nSPS) is 30.0. The lowest BCUT2D eigenvalue weighted by molar-refractivity contribution is -0.137. The highest BCUT2D eigenvalue weighted by molar-refractivity contribution is 5.76. The SMILES string of the molecule is O=C(C[C@H]1CC[C@@H]2NC[C@@H](O)COC[C@H]2O1)NCCc1ccccc1. The first-order valence-corrected chi connectivity index (χ1v) is 9.16. The molecule has 25 heavy (non-hydrogen) atoms. The number of aliphatic hydroxyl groups excluding tert-OH is 1. The maximum atomic E-state index is 12.2. The zero-order valence-electron chi connectivity index (χ0n) is 14.5. The summed E-state index contributed by atoms with van der Waals surface area (Å²) in [5.41, 5.74) is 1.22. The van der Waals surface area contributed by atoms with Gasteiger partial charge in [-0.05, 0) is 24.8 Å². The third-order valence-electron chi connectivity index (χ3n) is 4.82. The Hall–Kier alpha value is -1.47. The Bertz CT molecular complexity index is 539. The monoisotopic (exact) mass is 348 g/mol. The van der Waals surface area contributed by atoms with Crippen molar-refractivity contribution in [2.75, 3.05) is 26.3 Å². The molecule has 0 saturated carbocycles. The highest BCUT2D eigenvalue weighted by Gasteiger charge is 2.33. The topological polar surface area (TPSA) is 79.8 Å². The second kappa shape index (κ2) is 9.29. The summed E-state index contributed by atoms with van der Waals surface area (Å²) < 4.78 is 11.6. The molecular weight excluding hydrogens is 320 g/mol. The lowest BCUT2D eigenvalue weighted by atomic mass is 9.96. The van der Waals surface area contributed by atoms with Crippen molar-refractivity contribution in [2.24, 2.45) is 0 Å². The first-order valence-electron chi connectivity index (χ1n) is 9.16. The van der Waals surface area contributed by atoms with Crippen molar-refractivity contribution in [3.8, 4) is 0 Å². The molecule has 0 aliphatic carbocycles. The standard InChI is InChI=1S/C19H28N2O4/c22-15-11-21-17-7-6-16(25-18(17)13-24-12-15)10-19(23)20-9-8-14-4-2-1-3-5-14/h1-5,15-18,21-22H,6-13H2,(H,20,23)/t15-,16-,17+,18-/m1/s1. The van der Waals surface area contributed by atoms with Crippen molar-refractivity contribution in [3.63, 3.8) is 0 Å². The van der Waals surface area contributed by atoms with Crippen LogP contribution in [-0.2, 0) is 20.7 Å². The second-order valence-electron chi connectivity index (χ2n) is 6.87. The van der Waals surface area contributed by atoms with Gasteiger partial charge in [0.15, 0.2) is 0 Å². The fourth-order valence-corrected chi connectivity index (χ4v) is 3.44. The Morgan fingerprint density at radius 2 is 2.08 bits per heavy atom. The molecule has 0 bridgehead atoms. The zero-order valence-corrected chi connectivity index (χ0v) is 14.5. The van der Waals surface area contributed by atoms with E-state index in [2.05, 4.69) is 22.8 Å². The molecule has 3 rings (SSSR count). The van der Waals surface area contributed by atoms with Crippen molar-refractivity contribution in [1.29, 1.82) is 0 Å². The Kier molecular flexibility index (Phi) is 6.81. The summed E-state index contributed by atoms with van der Waals surface area (Å²) in [6.45, 7) is 1.95. The van der Waals surface area contributed by atoms with Crippen LogP contribution in [-0.4, -0.2) is 61.7 Å². The number of carbonyl (C=O) groups excluding carboxylic acids is 1. The van der Waals surface area contributed by atoms with Gasteiger partial charge in [-0.3, -0.25) is 4.79 Å². The van der Waals surface area contributed by atoms with E-state index in [0.717, 1.165) is 19.3 Å². The number of carbonyl (C=O) groups is 1. The number of β-amino-alcohol motifs (C(OH)–C–C–N with tert-alkyl or cyclic N) is 1. The van der Waals surface area contributed by atoms with Crippen LogP contribution in [0.3, 0.4) is 0 Å². The number of benzene rings is 1. The van der Waals surface area contributed by atoms with Gasteiger partial charge in [-0.15, -0.1) is 0 Å². The average Bonchev–Trinajstić information content (AvgIpc) is 2.60. The smallest absolute Gasteiger partial charge is 0.222 e. The van der Waals surface area contributed by atoms with E-state index >= 15 is 0 Å². The molecule has 3 N–H and O–H groups in total. The average molecular weight is 348 g/mol. The van der Waals surface area contributed by atoms with Gasteiger partial charge in [-0.2, -0.15) is 0 Å². The molecule has 4 atom stereocenters. The van der Waals surface area contributed by atoms with E-state index in [1.165, 1.54) is 5.56 Å². The molecule has 1 amide bonds. The quantitative estimate of drug-likeness (QED) is 0.727. The van der Waals surface area contributed by atoms with E-state index in [1.807, 2.05) is 18.2 Å². The highest BCUT2D eigenvalue weighted by Crippen LogP contribution is 2.23. The summed E-state index contributed by atoms with van der Waals surface area (Å²) in [6, 6.07) is 10.3. The number of hydrogen-bond donors (Lipinski definition) is 3. The molecule has 2 heterocycles. The molecule has 0 radical (unpaired) electrons. The van der Waals surface area contributed by atoms with Gasteiger partial charge in [0, 0.05) is 19.1 Å². The van der Waals surface area contributed by atoms with Gasteiger partial charge in [0.05, 0.1) is 37.9 Å². The fourth-order valence-electron chi connectivity index (χ4n) is 3.44. The molecule has 2 aliphatic rings. The summed E-state index contributed by atoms with van der Waals surface area (Å²) in [5.74, 6) is 0.0366. The first kappa shape index (κ1) is 18.3. The summed E-state index contributed by atoms with van der Waals surface area (Å²) in [4.78, 5) is 12.2. The van der Waals surface area contributed by atoms with Crippen molar-refractivity contribution >= 4 is 5.91 Å². The van der Waals surface area contributed by atoms with Crippen LogP contribution in [0.25, 0.3) is 0 Å². The van der Waals surface area contributed by atoms with Crippen LogP contribution in [0.4, 0.5) is 0 Å². The van der Waals surface area contributed by atoms with Crippen LogP contribution in [0.5, 0.6) is 0 Å². The number of hydrogen-bond acceptors (Lipinski definition) is 5. The van der Waals surface area contributed by atoms with Crippen molar-refractivity contribution < 1.29 is 19.4 Å². The minimum Gasteiger partial charge on any atom is -0.389 e. The van der Waals surface area contributed by atoms with Crippen molar-refractivity contribution in [1.82, 2.24) is 10.6 Å². The number of rotatable bonds is 5. The lowest BCUT2D eigenvalue weighted by Crippen LogP contribution is -2.53. The van der Waals surface area contributed by atoms with Crippen LogP contribution >= 0.6 is 0 Å². The van der Waals surface area contributed by atoms with Gasteiger partial charge in [0.2, 0.25) is 5.91 Å². The molecule has 1 aromatic rings. The molecule has 138 valence electrons. The molecule has 6 nitrogen and oxygen atoms in total. The number of fused-ring (bicyclic) bond motifs is 1.